The first kappa shape index (κ1) is 17.3. The highest BCUT2D eigenvalue weighted by Gasteiger charge is 2.18. The van der Waals surface area contributed by atoms with E-state index in [4.69, 9.17) is 4.74 Å². The summed E-state index contributed by atoms with van der Waals surface area (Å²) in [5.74, 6) is 0.0243. The number of carbonyl (C=O) groups excluding carboxylic acids is 2. The van der Waals surface area contributed by atoms with Crippen molar-refractivity contribution in [3.63, 3.8) is 0 Å². The minimum atomic E-state index is -0.501. The van der Waals surface area contributed by atoms with Crippen LogP contribution in [0.25, 0.3) is 0 Å². The van der Waals surface area contributed by atoms with Crippen LogP contribution in [0, 0.1) is 0 Å². The largest absolute Gasteiger partial charge is 0.504 e. The van der Waals surface area contributed by atoms with Crippen molar-refractivity contribution < 1.29 is 19.4 Å². The molecular formula is C17H19N3O4. The van der Waals surface area contributed by atoms with E-state index in [0.717, 1.165) is 5.56 Å². The molecule has 1 heterocycles. The average molecular weight is 329 g/mol. The smallest absolute Gasteiger partial charge is 0.228 e. The summed E-state index contributed by atoms with van der Waals surface area (Å²) in [6.45, 7) is 1.39. The summed E-state index contributed by atoms with van der Waals surface area (Å²) < 4.78 is 5.10. The molecule has 2 amide bonds. The van der Waals surface area contributed by atoms with Crippen LogP contribution in [0.1, 0.15) is 24.9 Å². The Bertz CT molecular complexity index is 716. The maximum absolute atomic E-state index is 12.2. The first-order chi connectivity index (χ1) is 11.5. The lowest BCUT2D eigenvalue weighted by atomic mass is 10.0. The summed E-state index contributed by atoms with van der Waals surface area (Å²) in [4.78, 5) is 27.5. The summed E-state index contributed by atoms with van der Waals surface area (Å²) in [5, 5.41) is 14.9. The van der Waals surface area contributed by atoms with Gasteiger partial charge in [0.2, 0.25) is 11.8 Å². The summed E-state index contributed by atoms with van der Waals surface area (Å²) in [6.07, 6.45) is 1.46. The SMILES string of the molecule is COc1ccc([C@@H](CC(=O)Nc2ncccc2O)NC(C)=O)cc1. The van der Waals surface area contributed by atoms with Gasteiger partial charge in [-0.1, -0.05) is 12.1 Å². The molecule has 1 atom stereocenters. The Labute approximate surface area is 139 Å². The van der Waals surface area contributed by atoms with Gasteiger partial charge in [-0.3, -0.25) is 9.59 Å². The second-order valence-electron chi connectivity index (χ2n) is 5.15. The van der Waals surface area contributed by atoms with Gasteiger partial charge in [0.25, 0.3) is 0 Å². The van der Waals surface area contributed by atoms with E-state index in [9.17, 15) is 14.7 Å². The molecule has 24 heavy (non-hydrogen) atoms. The molecule has 0 aliphatic rings. The molecule has 7 heteroatoms. The molecule has 0 aliphatic carbocycles. The number of anilines is 1. The van der Waals surface area contributed by atoms with E-state index in [1.54, 1.807) is 37.4 Å². The Balaban J connectivity index is 2.11. The van der Waals surface area contributed by atoms with E-state index in [2.05, 4.69) is 15.6 Å². The molecule has 7 nitrogen and oxygen atoms in total. The molecule has 2 aromatic rings. The summed E-state index contributed by atoms with van der Waals surface area (Å²) >= 11 is 0. The van der Waals surface area contributed by atoms with Gasteiger partial charge in [0, 0.05) is 13.1 Å². The van der Waals surface area contributed by atoms with Crippen LogP contribution in [0.3, 0.4) is 0 Å². The number of carbonyl (C=O) groups is 2. The van der Waals surface area contributed by atoms with Gasteiger partial charge in [0.1, 0.15) is 5.75 Å². The second-order valence-corrected chi connectivity index (χ2v) is 5.15. The lowest BCUT2D eigenvalue weighted by Gasteiger charge is -2.18. The van der Waals surface area contributed by atoms with Gasteiger partial charge in [-0.2, -0.15) is 0 Å². The maximum Gasteiger partial charge on any atom is 0.228 e. The lowest BCUT2D eigenvalue weighted by molar-refractivity contribution is -0.120. The minimum Gasteiger partial charge on any atom is -0.504 e. The Hall–Kier alpha value is -3.09. The molecule has 126 valence electrons. The van der Waals surface area contributed by atoms with E-state index in [-0.39, 0.29) is 29.8 Å². The van der Waals surface area contributed by atoms with Crippen LogP contribution in [0.5, 0.6) is 11.5 Å². The van der Waals surface area contributed by atoms with Gasteiger partial charge < -0.3 is 20.5 Å². The number of rotatable bonds is 6. The normalized spacial score (nSPS) is 11.4. The third-order valence-corrected chi connectivity index (χ3v) is 3.33. The molecule has 0 bridgehead atoms. The molecule has 0 aliphatic heterocycles. The monoisotopic (exact) mass is 329 g/mol. The standard InChI is InChI=1S/C17H19N3O4/c1-11(21)19-14(12-5-7-13(24-2)8-6-12)10-16(23)20-17-15(22)4-3-9-18-17/h3-9,14,22H,10H2,1-2H3,(H,19,21)(H,18,20,23)/t14-/m1/s1. The number of hydrogen-bond acceptors (Lipinski definition) is 5. The number of aromatic nitrogens is 1. The van der Waals surface area contributed by atoms with Crippen LogP contribution in [-0.2, 0) is 9.59 Å². The first-order valence-corrected chi connectivity index (χ1v) is 7.34. The van der Waals surface area contributed by atoms with E-state index in [1.165, 1.54) is 19.2 Å². The Morgan fingerprint density at radius 3 is 2.54 bits per heavy atom. The fraction of sp³-hybridized carbons (Fsp3) is 0.235. The van der Waals surface area contributed by atoms with Gasteiger partial charge in [-0.25, -0.2) is 4.98 Å². The zero-order valence-electron chi connectivity index (χ0n) is 13.4. The van der Waals surface area contributed by atoms with Crippen molar-refractivity contribution in [2.24, 2.45) is 0 Å². The highest BCUT2D eigenvalue weighted by Crippen LogP contribution is 2.23. The average Bonchev–Trinajstić information content (AvgIpc) is 2.56. The van der Waals surface area contributed by atoms with Crippen molar-refractivity contribution in [3.8, 4) is 11.5 Å². The van der Waals surface area contributed by atoms with Crippen molar-refractivity contribution in [1.82, 2.24) is 10.3 Å². The Morgan fingerprint density at radius 1 is 1.25 bits per heavy atom. The number of nitrogens with zero attached hydrogens (tertiary/aromatic N) is 1. The van der Waals surface area contributed by atoms with Crippen LogP contribution in [0.15, 0.2) is 42.6 Å². The van der Waals surface area contributed by atoms with E-state index in [0.29, 0.717) is 5.75 Å². The van der Waals surface area contributed by atoms with Gasteiger partial charge in [0.05, 0.1) is 19.6 Å². The van der Waals surface area contributed by atoms with Crippen LogP contribution in [0.2, 0.25) is 0 Å². The number of amides is 2. The van der Waals surface area contributed by atoms with Crippen LogP contribution >= 0.6 is 0 Å². The maximum atomic E-state index is 12.2. The topological polar surface area (TPSA) is 101 Å². The van der Waals surface area contributed by atoms with Gasteiger partial charge in [-0.05, 0) is 29.8 Å². The fourth-order valence-corrected chi connectivity index (χ4v) is 2.20. The molecule has 1 aromatic carbocycles. The second kappa shape index (κ2) is 7.96. The van der Waals surface area contributed by atoms with E-state index < -0.39 is 6.04 Å². The number of ether oxygens (including phenoxy) is 1. The highest BCUT2D eigenvalue weighted by molar-refractivity contribution is 5.91. The molecule has 0 spiro atoms. The quantitative estimate of drug-likeness (QED) is 0.752. The molecule has 0 unspecified atom stereocenters. The third kappa shape index (κ3) is 4.70. The summed E-state index contributed by atoms with van der Waals surface area (Å²) in [7, 11) is 1.56. The lowest BCUT2D eigenvalue weighted by Crippen LogP contribution is -2.29. The number of methoxy groups -OCH3 is 1. The third-order valence-electron chi connectivity index (χ3n) is 3.33. The number of hydrogen-bond donors (Lipinski definition) is 3. The molecule has 0 saturated heterocycles. The molecule has 0 saturated carbocycles. The van der Waals surface area contributed by atoms with Gasteiger partial charge in [-0.15, -0.1) is 0 Å². The predicted octanol–water partition coefficient (Wildman–Crippen LogP) is 2.00. The molecule has 0 radical (unpaired) electrons. The summed E-state index contributed by atoms with van der Waals surface area (Å²) in [5.41, 5.74) is 0.770. The van der Waals surface area contributed by atoms with E-state index >= 15 is 0 Å². The van der Waals surface area contributed by atoms with Gasteiger partial charge in [0.15, 0.2) is 11.6 Å². The van der Waals surface area contributed by atoms with Crippen LogP contribution in [-0.4, -0.2) is 29.0 Å². The number of benzene rings is 1. The molecule has 2 rings (SSSR count). The zero-order chi connectivity index (χ0) is 17.5. The van der Waals surface area contributed by atoms with Crippen LogP contribution in [0.4, 0.5) is 5.82 Å². The predicted molar refractivity (Wildman–Crippen MR) is 88.7 cm³/mol. The molecular weight excluding hydrogens is 310 g/mol. The Morgan fingerprint density at radius 2 is 1.96 bits per heavy atom. The Kier molecular flexibility index (Phi) is 5.73. The number of nitrogens with one attached hydrogen (secondary N) is 2. The van der Waals surface area contributed by atoms with Crippen molar-refractivity contribution in [3.05, 3.63) is 48.2 Å². The van der Waals surface area contributed by atoms with Crippen LogP contribution < -0.4 is 15.4 Å². The number of aromatic hydroxyl groups is 1. The van der Waals surface area contributed by atoms with Crippen molar-refractivity contribution >= 4 is 17.6 Å². The fourth-order valence-electron chi connectivity index (χ4n) is 2.20. The molecule has 3 N–H and O–H groups in total. The minimum absolute atomic E-state index is 0.00191. The zero-order valence-corrected chi connectivity index (χ0v) is 13.4. The number of pyridine rings is 1. The molecule has 1 aromatic heterocycles. The van der Waals surface area contributed by atoms with Gasteiger partial charge >= 0.3 is 0 Å². The summed E-state index contributed by atoms with van der Waals surface area (Å²) in [6, 6.07) is 9.56. The van der Waals surface area contributed by atoms with E-state index in [1.807, 2.05) is 0 Å². The van der Waals surface area contributed by atoms with Crippen molar-refractivity contribution in [1.29, 1.82) is 0 Å². The molecule has 0 fully saturated rings. The van der Waals surface area contributed by atoms with Crippen molar-refractivity contribution in [2.75, 3.05) is 12.4 Å². The first-order valence-electron chi connectivity index (χ1n) is 7.34. The highest BCUT2D eigenvalue weighted by atomic mass is 16.5. The van der Waals surface area contributed by atoms with Crippen molar-refractivity contribution in [2.45, 2.75) is 19.4 Å².